The Balaban J connectivity index is 1.72. The van der Waals surface area contributed by atoms with E-state index in [4.69, 9.17) is 4.74 Å². The van der Waals surface area contributed by atoms with Gasteiger partial charge >= 0.3 is 5.97 Å². The third-order valence-corrected chi connectivity index (χ3v) is 4.92. The van der Waals surface area contributed by atoms with Crippen LogP contribution in [0.25, 0.3) is 0 Å². The van der Waals surface area contributed by atoms with Gasteiger partial charge in [-0.05, 0) is 29.7 Å². The highest BCUT2D eigenvalue weighted by molar-refractivity contribution is 5.78. The van der Waals surface area contributed by atoms with E-state index >= 15 is 0 Å². The summed E-state index contributed by atoms with van der Waals surface area (Å²) in [5.41, 5.74) is 3.96. The summed E-state index contributed by atoms with van der Waals surface area (Å²) in [7, 11) is 0. The molecule has 3 aromatic rings. The Labute approximate surface area is 165 Å². The summed E-state index contributed by atoms with van der Waals surface area (Å²) in [5.74, 6) is 5.82. The van der Waals surface area contributed by atoms with Gasteiger partial charge < -0.3 is 4.74 Å². The molecule has 1 heterocycles. The van der Waals surface area contributed by atoms with Gasteiger partial charge in [-0.15, -0.1) is 0 Å². The van der Waals surface area contributed by atoms with Crippen LogP contribution in [-0.4, -0.2) is 5.97 Å². The molecule has 3 aromatic carbocycles. The van der Waals surface area contributed by atoms with Gasteiger partial charge in [-0.1, -0.05) is 90.7 Å². The van der Waals surface area contributed by atoms with Crippen molar-refractivity contribution in [2.24, 2.45) is 5.92 Å². The van der Waals surface area contributed by atoms with E-state index in [0.717, 1.165) is 22.3 Å². The molecule has 0 aliphatic carbocycles. The highest BCUT2D eigenvalue weighted by Gasteiger charge is 2.36. The van der Waals surface area contributed by atoms with E-state index in [9.17, 15) is 4.79 Å². The van der Waals surface area contributed by atoms with Crippen LogP contribution in [0, 0.1) is 17.8 Å². The molecule has 0 aromatic heterocycles. The molecule has 0 N–H and O–H groups in total. The summed E-state index contributed by atoms with van der Waals surface area (Å²) in [5, 5.41) is 0. The van der Waals surface area contributed by atoms with Crippen LogP contribution in [-0.2, 0) is 16.0 Å². The Bertz CT molecular complexity index is 1030. The molecule has 4 rings (SSSR count). The van der Waals surface area contributed by atoms with Gasteiger partial charge in [-0.3, -0.25) is 4.79 Å². The average Bonchev–Trinajstić information content (AvgIpc) is 2.76. The zero-order valence-electron chi connectivity index (χ0n) is 15.4. The number of esters is 1. The van der Waals surface area contributed by atoms with Gasteiger partial charge in [0.2, 0.25) is 0 Å². The van der Waals surface area contributed by atoms with Crippen molar-refractivity contribution in [3.63, 3.8) is 0 Å². The van der Waals surface area contributed by atoms with Gasteiger partial charge in [0.05, 0.1) is 5.92 Å². The predicted molar refractivity (Wildman–Crippen MR) is 110 cm³/mol. The lowest BCUT2D eigenvalue weighted by Crippen LogP contribution is -2.30. The standard InChI is InChI=1S/C26H20O2/c27-26-24(18-21-12-6-2-7-13-21)25(22-14-8-3-9-15-22)23(19-28-26)17-16-20-10-4-1-5-11-20/h1-15,19,24-25H,18H2/t24-,25+/m0/s1. The Hall–Kier alpha value is -3.57. The van der Waals surface area contributed by atoms with Crippen LogP contribution in [0.3, 0.4) is 0 Å². The summed E-state index contributed by atoms with van der Waals surface area (Å²) >= 11 is 0. The second kappa shape index (κ2) is 8.41. The van der Waals surface area contributed by atoms with Crippen LogP contribution in [0.5, 0.6) is 0 Å². The number of carbonyl (C=O) groups is 1. The molecule has 2 nitrogen and oxygen atoms in total. The van der Waals surface area contributed by atoms with Crippen LogP contribution in [0.1, 0.15) is 22.6 Å². The molecule has 0 saturated carbocycles. The second-order valence-electron chi connectivity index (χ2n) is 6.81. The number of hydrogen-bond acceptors (Lipinski definition) is 2. The molecule has 0 bridgehead atoms. The number of cyclic esters (lactones) is 1. The van der Waals surface area contributed by atoms with Crippen molar-refractivity contribution < 1.29 is 9.53 Å². The van der Waals surface area contributed by atoms with E-state index in [1.165, 1.54) is 6.26 Å². The molecule has 2 atom stereocenters. The molecule has 0 amide bonds. The van der Waals surface area contributed by atoms with Crippen molar-refractivity contribution in [2.75, 3.05) is 0 Å². The smallest absolute Gasteiger partial charge is 0.315 e. The Morgan fingerprint density at radius 3 is 2.04 bits per heavy atom. The zero-order valence-corrected chi connectivity index (χ0v) is 15.4. The second-order valence-corrected chi connectivity index (χ2v) is 6.81. The molecular formula is C26H20O2. The third-order valence-electron chi connectivity index (χ3n) is 4.92. The minimum absolute atomic E-state index is 0.126. The number of benzene rings is 3. The van der Waals surface area contributed by atoms with Crippen LogP contribution >= 0.6 is 0 Å². The Morgan fingerprint density at radius 2 is 1.36 bits per heavy atom. The zero-order chi connectivity index (χ0) is 19.2. The lowest BCUT2D eigenvalue weighted by molar-refractivity contribution is -0.144. The van der Waals surface area contributed by atoms with E-state index in [0.29, 0.717) is 6.42 Å². The van der Waals surface area contributed by atoms with Gasteiger partial charge in [0.25, 0.3) is 0 Å². The van der Waals surface area contributed by atoms with Crippen molar-refractivity contribution in [2.45, 2.75) is 12.3 Å². The van der Waals surface area contributed by atoms with Crippen LogP contribution in [0.4, 0.5) is 0 Å². The van der Waals surface area contributed by atoms with E-state index in [1.54, 1.807) is 0 Å². The lowest BCUT2D eigenvalue weighted by Gasteiger charge is -2.29. The fourth-order valence-electron chi connectivity index (χ4n) is 3.55. The predicted octanol–water partition coefficient (Wildman–Crippen LogP) is 5.12. The molecule has 1 aliphatic heterocycles. The number of hydrogen-bond donors (Lipinski definition) is 0. The average molecular weight is 364 g/mol. The van der Waals surface area contributed by atoms with Gasteiger partial charge in [0, 0.05) is 17.1 Å². The summed E-state index contributed by atoms with van der Waals surface area (Å²) in [6.45, 7) is 0. The summed E-state index contributed by atoms with van der Waals surface area (Å²) in [4.78, 5) is 12.7. The van der Waals surface area contributed by atoms with Crippen LogP contribution < -0.4 is 0 Å². The van der Waals surface area contributed by atoms with Crippen LogP contribution in [0.2, 0.25) is 0 Å². The number of carbonyl (C=O) groups excluding carboxylic acids is 1. The maximum atomic E-state index is 12.7. The lowest BCUT2D eigenvalue weighted by atomic mass is 9.77. The monoisotopic (exact) mass is 364 g/mol. The first-order valence-electron chi connectivity index (χ1n) is 9.38. The third kappa shape index (κ3) is 4.05. The first-order chi connectivity index (χ1) is 13.8. The van der Waals surface area contributed by atoms with Crippen molar-refractivity contribution in [1.29, 1.82) is 0 Å². The molecule has 0 fully saturated rings. The number of allylic oxidation sites excluding steroid dienone is 1. The van der Waals surface area contributed by atoms with Crippen molar-refractivity contribution in [3.05, 3.63) is 120 Å². The largest absolute Gasteiger partial charge is 0.433 e. The first kappa shape index (κ1) is 17.8. The van der Waals surface area contributed by atoms with E-state index in [2.05, 4.69) is 24.0 Å². The maximum absolute atomic E-state index is 12.7. The van der Waals surface area contributed by atoms with Gasteiger partial charge in [-0.2, -0.15) is 0 Å². The first-order valence-corrected chi connectivity index (χ1v) is 9.38. The van der Waals surface area contributed by atoms with Crippen molar-refractivity contribution in [1.82, 2.24) is 0 Å². The van der Waals surface area contributed by atoms with E-state index in [1.807, 2.05) is 78.9 Å². The minimum Gasteiger partial charge on any atom is -0.433 e. The molecule has 0 unspecified atom stereocenters. The normalized spacial score (nSPS) is 18.4. The number of rotatable bonds is 3. The number of ether oxygens (including phenoxy) is 1. The van der Waals surface area contributed by atoms with Crippen molar-refractivity contribution >= 4 is 5.97 Å². The molecular weight excluding hydrogens is 344 g/mol. The molecule has 0 saturated heterocycles. The van der Waals surface area contributed by atoms with Gasteiger partial charge in [0.15, 0.2) is 0 Å². The fourth-order valence-corrected chi connectivity index (χ4v) is 3.55. The molecule has 136 valence electrons. The Morgan fingerprint density at radius 1 is 0.750 bits per heavy atom. The summed E-state index contributed by atoms with van der Waals surface area (Å²) in [6.07, 6.45) is 2.14. The SMILES string of the molecule is O=C1OC=C(C#Cc2ccccc2)[C@@H](c2ccccc2)[C@@H]1Cc1ccccc1. The quantitative estimate of drug-likeness (QED) is 0.476. The van der Waals surface area contributed by atoms with Crippen LogP contribution in [0.15, 0.2) is 103 Å². The Kier molecular flexibility index (Phi) is 5.36. The molecule has 0 radical (unpaired) electrons. The van der Waals surface area contributed by atoms with Crippen molar-refractivity contribution in [3.8, 4) is 11.8 Å². The summed E-state index contributed by atoms with van der Waals surface area (Å²) in [6, 6.07) is 30.0. The molecule has 0 spiro atoms. The highest BCUT2D eigenvalue weighted by Crippen LogP contribution is 2.37. The highest BCUT2D eigenvalue weighted by atomic mass is 16.5. The van der Waals surface area contributed by atoms with E-state index < -0.39 is 0 Å². The van der Waals surface area contributed by atoms with E-state index in [-0.39, 0.29) is 17.8 Å². The topological polar surface area (TPSA) is 26.3 Å². The maximum Gasteiger partial charge on any atom is 0.315 e. The molecule has 28 heavy (non-hydrogen) atoms. The van der Waals surface area contributed by atoms with Gasteiger partial charge in [-0.25, -0.2) is 0 Å². The fraction of sp³-hybridized carbons (Fsp3) is 0.115. The van der Waals surface area contributed by atoms with Gasteiger partial charge in [0.1, 0.15) is 6.26 Å². The molecule has 2 heteroatoms. The minimum atomic E-state index is -0.310. The summed E-state index contributed by atoms with van der Waals surface area (Å²) < 4.78 is 5.41. The molecule has 1 aliphatic rings.